The number of rotatable bonds is 8. The fourth-order valence-electron chi connectivity index (χ4n) is 3.44. The molecule has 1 N–H and O–H groups in total. The molecule has 4 rings (SSSR count). The Kier molecular flexibility index (Phi) is 7.47. The van der Waals surface area contributed by atoms with Crippen LogP contribution in [0.3, 0.4) is 0 Å². The number of nitrogens with one attached hydrogen (secondary N) is 1. The zero-order valence-corrected chi connectivity index (χ0v) is 19.3. The second-order valence-corrected chi connectivity index (χ2v) is 8.65. The first-order valence-electron chi connectivity index (χ1n) is 10.8. The summed E-state index contributed by atoms with van der Waals surface area (Å²) in [5.41, 5.74) is 3.89. The van der Waals surface area contributed by atoms with Gasteiger partial charge < -0.3 is 14.8 Å². The Labute approximate surface area is 192 Å². The van der Waals surface area contributed by atoms with Crippen LogP contribution in [0.25, 0.3) is 0 Å². The Morgan fingerprint density at radius 2 is 1.94 bits per heavy atom. The lowest BCUT2D eigenvalue weighted by Gasteiger charge is -2.26. The smallest absolute Gasteiger partial charge is 0.298 e. The highest BCUT2D eigenvalue weighted by atomic mass is 32.1. The van der Waals surface area contributed by atoms with Gasteiger partial charge in [-0.15, -0.1) is 0 Å². The van der Waals surface area contributed by atoms with E-state index in [9.17, 15) is 4.79 Å². The zero-order valence-electron chi connectivity index (χ0n) is 18.5. The molecule has 1 amide bonds. The Hall–Kier alpha value is -2.81. The molecule has 1 aromatic heterocycles. The van der Waals surface area contributed by atoms with Gasteiger partial charge in [-0.1, -0.05) is 35.9 Å². The van der Waals surface area contributed by atoms with Gasteiger partial charge in [0.15, 0.2) is 5.82 Å². The standard InChI is InChI=1S/C24H28N4O3S/c1-17-3-6-19(7-4-17)15-22-26-24(32-27-22)31-21-16-20(8-5-18(21)2)23(29)25-9-10-28-11-13-30-14-12-28/h3-8,16H,9-15H2,1-2H3,(H,25,29). The summed E-state index contributed by atoms with van der Waals surface area (Å²) >= 11 is 1.22. The van der Waals surface area contributed by atoms with Crippen molar-refractivity contribution in [3.8, 4) is 10.9 Å². The van der Waals surface area contributed by atoms with Gasteiger partial charge in [0.25, 0.3) is 11.1 Å². The van der Waals surface area contributed by atoms with Gasteiger partial charge in [-0.2, -0.15) is 9.36 Å². The summed E-state index contributed by atoms with van der Waals surface area (Å²) in [6, 6.07) is 13.8. The minimum Gasteiger partial charge on any atom is -0.430 e. The van der Waals surface area contributed by atoms with Crippen LogP contribution >= 0.6 is 11.5 Å². The second-order valence-electron chi connectivity index (χ2n) is 7.93. The summed E-state index contributed by atoms with van der Waals surface area (Å²) in [5, 5.41) is 3.46. The summed E-state index contributed by atoms with van der Waals surface area (Å²) in [6.45, 7) is 8.76. The van der Waals surface area contributed by atoms with Crippen LogP contribution in [0.5, 0.6) is 10.9 Å². The van der Waals surface area contributed by atoms with Crippen molar-refractivity contribution < 1.29 is 14.3 Å². The number of ether oxygens (including phenoxy) is 2. The van der Waals surface area contributed by atoms with Crippen molar-refractivity contribution in [1.29, 1.82) is 0 Å². The van der Waals surface area contributed by atoms with Crippen LogP contribution in [-0.4, -0.2) is 59.6 Å². The molecule has 0 radical (unpaired) electrons. The number of benzene rings is 2. The first-order chi connectivity index (χ1) is 15.6. The van der Waals surface area contributed by atoms with Gasteiger partial charge >= 0.3 is 0 Å². The molecular weight excluding hydrogens is 424 g/mol. The van der Waals surface area contributed by atoms with E-state index < -0.39 is 0 Å². The lowest BCUT2D eigenvalue weighted by molar-refractivity contribution is 0.0383. The fraction of sp³-hybridized carbons (Fsp3) is 0.375. The number of aryl methyl sites for hydroxylation is 2. The fourth-order valence-corrected chi connectivity index (χ4v) is 4.00. The van der Waals surface area contributed by atoms with Crippen LogP contribution in [0.4, 0.5) is 0 Å². The molecule has 8 heteroatoms. The molecule has 0 bridgehead atoms. The number of carbonyl (C=O) groups excluding carboxylic acids is 1. The van der Waals surface area contributed by atoms with Gasteiger partial charge in [-0.05, 0) is 37.1 Å². The Morgan fingerprint density at radius 3 is 2.72 bits per heavy atom. The minimum atomic E-state index is -0.111. The molecule has 1 aliphatic rings. The minimum absolute atomic E-state index is 0.111. The van der Waals surface area contributed by atoms with Gasteiger partial charge in [-0.25, -0.2) is 0 Å². The molecule has 0 aliphatic carbocycles. The van der Waals surface area contributed by atoms with Gasteiger partial charge in [-0.3, -0.25) is 9.69 Å². The lowest BCUT2D eigenvalue weighted by Crippen LogP contribution is -2.41. The van der Waals surface area contributed by atoms with Crippen molar-refractivity contribution in [2.24, 2.45) is 0 Å². The molecule has 0 saturated carbocycles. The summed E-state index contributed by atoms with van der Waals surface area (Å²) in [7, 11) is 0. The molecule has 2 aromatic carbocycles. The van der Waals surface area contributed by atoms with Crippen molar-refractivity contribution in [1.82, 2.24) is 19.6 Å². The number of hydrogen-bond donors (Lipinski definition) is 1. The summed E-state index contributed by atoms with van der Waals surface area (Å²) in [4.78, 5) is 19.4. The average molecular weight is 453 g/mol. The lowest BCUT2D eigenvalue weighted by atomic mass is 10.1. The first-order valence-corrected chi connectivity index (χ1v) is 11.6. The topological polar surface area (TPSA) is 76.6 Å². The first kappa shape index (κ1) is 22.4. The SMILES string of the molecule is Cc1ccc(Cc2nsc(Oc3cc(C(=O)NCCN4CCOCC4)ccc3C)n2)cc1. The quantitative estimate of drug-likeness (QED) is 0.563. The molecule has 1 aliphatic heterocycles. The van der Waals surface area contributed by atoms with Crippen molar-refractivity contribution in [2.75, 3.05) is 39.4 Å². The van der Waals surface area contributed by atoms with Crippen molar-refractivity contribution in [3.05, 3.63) is 70.5 Å². The number of morpholine rings is 1. The summed E-state index contributed by atoms with van der Waals surface area (Å²) in [6.07, 6.45) is 0.657. The highest BCUT2D eigenvalue weighted by Crippen LogP contribution is 2.28. The van der Waals surface area contributed by atoms with E-state index in [4.69, 9.17) is 9.47 Å². The van der Waals surface area contributed by atoms with E-state index in [-0.39, 0.29) is 5.91 Å². The molecule has 0 unspecified atom stereocenters. The van der Waals surface area contributed by atoms with Crippen LogP contribution in [0, 0.1) is 13.8 Å². The van der Waals surface area contributed by atoms with E-state index in [2.05, 4.69) is 50.8 Å². The van der Waals surface area contributed by atoms with Crippen LogP contribution < -0.4 is 10.1 Å². The Bertz CT molecular complexity index is 1050. The summed E-state index contributed by atoms with van der Waals surface area (Å²) < 4.78 is 15.7. The molecule has 32 heavy (non-hydrogen) atoms. The van der Waals surface area contributed by atoms with Gasteiger partial charge in [0.1, 0.15) is 5.75 Å². The molecule has 2 heterocycles. The number of amides is 1. The van der Waals surface area contributed by atoms with E-state index >= 15 is 0 Å². The zero-order chi connectivity index (χ0) is 22.3. The molecule has 0 atom stereocenters. The van der Waals surface area contributed by atoms with Crippen molar-refractivity contribution in [3.63, 3.8) is 0 Å². The molecule has 1 saturated heterocycles. The molecule has 1 fully saturated rings. The monoisotopic (exact) mass is 452 g/mol. The van der Waals surface area contributed by atoms with E-state index in [1.807, 2.05) is 19.1 Å². The Balaban J connectivity index is 1.34. The highest BCUT2D eigenvalue weighted by molar-refractivity contribution is 7.07. The third-order valence-electron chi connectivity index (χ3n) is 5.40. The van der Waals surface area contributed by atoms with Crippen molar-refractivity contribution in [2.45, 2.75) is 20.3 Å². The second kappa shape index (κ2) is 10.7. The van der Waals surface area contributed by atoms with Gasteiger partial charge in [0.05, 0.1) is 13.2 Å². The predicted molar refractivity (Wildman–Crippen MR) is 125 cm³/mol. The molecule has 3 aromatic rings. The molecule has 7 nitrogen and oxygen atoms in total. The number of carbonyl (C=O) groups is 1. The van der Waals surface area contributed by atoms with Crippen molar-refractivity contribution >= 4 is 17.4 Å². The van der Waals surface area contributed by atoms with E-state index in [1.54, 1.807) is 6.07 Å². The highest BCUT2D eigenvalue weighted by Gasteiger charge is 2.14. The maximum absolute atomic E-state index is 12.6. The van der Waals surface area contributed by atoms with E-state index in [0.29, 0.717) is 29.5 Å². The van der Waals surface area contributed by atoms with Crippen LogP contribution in [0.2, 0.25) is 0 Å². The van der Waals surface area contributed by atoms with E-state index in [1.165, 1.54) is 17.1 Å². The third kappa shape index (κ3) is 6.12. The maximum atomic E-state index is 12.6. The van der Waals surface area contributed by atoms with E-state index in [0.717, 1.165) is 49.8 Å². The van der Waals surface area contributed by atoms with Crippen LogP contribution in [0.15, 0.2) is 42.5 Å². The number of nitrogens with zero attached hydrogens (tertiary/aromatic N) is 3. The number of aromatic nitrogens is 2. The third-order valence-corrected chi connectivity index (χ3v) is 6.03. The molecule has 168 valence electrons. The number of hydrogen-bond acceptors (Lipinski definition) is 7. The average Bonchev–Trinajstić information content (AvgIpc) is 3.24. The van der Waals surface area contributed by atoms with Gasteiger partial charge in [0, 0.05) is 49.7 Å². The largest absolute Gasteiger partial charge is 0.430 e. The predicted octanol–water partition coefficient (Wildman–Crippen LogP) is 3.60. The van der Waals surface area contributed by atoms with Crippen LogP contribution in [0.1, 0.15) is 32.9 Å². The molecule has 0 spiro atoms. The summed E-state index contributed by atoms with van der Waals surface area (Å²) in [5.74, 6) is 1.23. The van der Waals surface area contributed by atoms with Crippen LogP contribution in [-0.2, 0) is 11.2 Å². The molecular formula is C24H28N4O3S. The Morgan fingerprint density at radius 1 is 1.16 bits per heavy atom. The van der Waals surface area contributed by atoms with Gasteiger partial charge in [0.2, 0.25) is 0 Å². The normalized spacial score (nSPS) is 14.3. The maximum Gasteiger partial charge on any atom is 0.298 e.